The van der Waals surface area contributed by atoms with Gasteiger partial charge in [-0.1, -0.05) is 18.2 Å². The van der Waals surface area contributed by atoms with Crippen LogP contribution in [0.2, 0.25) is 0 Å². The number of carbonyl (C=O) groups excluding carboxylic acids is 1. The van der Waals surface area contributed by atoms with Gasteiger partial charge in [-0.25, -0.2) is 4.98 Å². The number of nitro groups is 1. The highest BCUT2D eigenvalue weighted by Gasteiger charge is 2.49. The Morgan fingerprint density at radius 1 is 1.07 bits per heavy atom. The fraction of sp³-hybridized carbons (Fsp3) is 0.333. The van der Waals surface area contributed by atoms with Crippen LogP contribution in [0.15, 0.2) is 76.6 Å². The van der Waals surface area contributed by atoms with Crippen LogP contribution in [0.3, 0.4) is 0 Å². The lowest BCUT2D eigenvalue weighted by molar-refractivity contribution is -0.384. The molecular weight excluding hydrogens is 524 g/mol. The van der Waals surface area contributed by atoms with E-state index in [1.807, 2.05) is 16.7 Å². The second-order valence-corrected chi connectivity index (χ2v) is 11.2. The number of aromatic nitrogens is 3. The number of pyridine rings is 1. The molecule has 1 saturated heterocycles. The number of nitrogens with zero attached hydrogens (tertiary/aromatic N) is 5. The number of fused-ring (bicyclic) bond motifs is 9. The highest BCUT2D eigenvalue weighted by molar-refractivity contribution is 5.82. The van der Waals surface area contributed by atoms with Gasteiger partial charge in [-0.15, -0.1) is 0 Å². The maximum atomic E-state index is 13.8. The van der Waals surface area contributed by atoms with Crippen molar-refractivity contribution < 1.29 is 9.72 Å². The van der Waals surface area contributed by atoms with E-state index in [1.165, 1.54) is 17.0 Å². The Hall–Kier alpha value is -4.80. The molecule has 0 spiro atoms. The Labute approximate surface area is 234 Å². The van der Waals surface area contributed by atoms with Gasteiger partial charge in [0.15, 0.2) is 0 Å². The Kier molecular flexibility index (Phi) is 5.95. The molecule has 1 amide bonds. The van der Waals surface area contributed by atoms with Gasteiger partial charge in [-0.05, 0) is 48.6 Å². The molecule has 3 aliphatic rings. The Balaban J connectivity index is 1.18. The summed E-state index contributed by atoms with van der Waals surface area (Å²) >= 11 is 0. The van der Waals surface area contributed by atoms with Gasteiger partial charge < -0.3 is 14.8 Å². The number of non-ortho nitro benzene ring substituents is 1. The lowest BCUT2D eigenvalue weighted by Crippen LogP contribution is -2.61. The molecule has 11 nitrogen and oxygen atoms in total. The zero-order chi connectivity index (χ0) is 28.2. The molecule has 2 aromatic carbocycles. The summed E-state index contributed by atoms with van der Waals surface area (Å²) < 4.78 is 3.33. The normalized spacial score (nSPS) is 22.4. The smallest absolute Gasteiger partial charge is 0.269 e. The van der Waals surface area contributed by atoms with Crippen LogP contribution in [0.4, 0.5) is 11.4 Å². The summed E-state index contributed by atoms with van der Waals surface area (Å²) in [7, 11) is 0. The van der Waals surface area contributed by atoms with Crippen molar-refractivity contribution in [2.75, 3.05) is 18.0 Å². The third kappa shape index (κ3) is 4.19. The third-order valence-electron chi connectivity index (χ3n) is 8.92. The summed E-state index contributed by atoms with van der Waals surface area (Å²) in [5.74, 6) is -0.449. The van der Waals surface area contributed by atoms with E-state index >= 15 is 0 Å². The van der Waals surface area contributed by atoms with Crippen LogP contribution in [0, 0.1) is 22.0 Å². The lowest BCUT2D eigenvalue weighted by atomic mass is 9.70. The Morgan fingerprint density at radius 2 is 1.93 bits per heavy atom. The van der Waals surface area contributed by atoms with Gasteiger partial charge in [0.05, 0.1) is 28.1 Å². The molecular formula is C30H28N6O5. The second-order valence-electron chi connectivity index (χ2n) is 11.2. The van der Waals surface area contributed by atoms with Crippen LogP contribution in [0.1, 0.15) is 23.6 Å². The van der Waals surface area contributed by atoms with Gasteiger partial charge >= 0.3 is 0 Å². The number of hydrogen-bond acceptors (Lipinski definition) is 7. The molecule has 208 valence electrons. The number of anilines is 1. The maximum Gasteiger partial charge on any atom is 0.269 e. The SMILES string of the molecule is O=C(NCCn1cnc2ccccc2c1=O)[C@@H]1Cc2cc([N+](=O)[O-])ccc2N2C[C@@H]3C[C@H](Cn4c3cccc4=O)[C@@H]12. The monoisotopic (exact) mass is 552 g/mol. The molecule has 2 aromatic heterocycles. The van der Waals surface area contributed by atoms with Crippen LogP contribution < -0.4 is 21.3 Å². The summed E-state index contributed by atoms with van der Waals surface area (Å²) in [6, 6.07) is 17.2. The number of carbonyl (C=O) groups is 1. The summed E-state index contributed by atoms with van der Waals surface area (Å²) in [5.41, 5.74) is 3.11. The minimum absolute atomic E-state index is 0.00126. The van der Waals surface area contributed by atoms with Crippen molar-refractivity contribution in [3.8, 4) is 0 Å². The Morgan fingerprint density at radius 3 is 2.78 bits per heavy atom. The maximum absolute atomic E-state index is 13.8. The molecule has 5 heterocycles. The molecule has 2 bridgehead atoms. The number of amides is 1. The van der Waals surface area contributed by atoms with E-state index in [4.69, 9.17) is 0 Å². The number of piperidine rings is 1. The van der Waals surface area contributed by atoms with Crippen LogP contribution in [-0.4, -0.2) is 44.1 Å². The first-order valence-electron chi connectivity index (χ1n) is 13.8. The number of benzene rings is 2. The topological polar surface area (TPSA) is 132 Å². The molecule has 3 aliphatic heterocycles. The predicted octanol–water partition coefficient (Wildman–Crippen LogP) is 2.45. The standard InChI is InChI=1S/C30H28N6O5/c37-27-7-3-6-25-19-12-20(16-34(25)27)28-23(14-18-13-21(36(40)41)8-9-26(18)35(28)15-19)29(38)31-10-11-33-17-32-24-5-2-1-4-22(24)30(33)39/h1-9,13,17,19-20,23,28H,10-12,14-16H2,(H,31,38)/t19-,20+,23+,28-/m0/s1. The molecule has 4 aromatic rings. The van der Waals surface area contributed by atoms with Crippen LogP contribution >= 0.6 is 0 Å². The first-order valence-corrected chi connectivity index (χ1v) is 13.8. The van der Waals surface area contributed by atoms with E-state index in [-0.39, 0.29) is 53.7 Å². The van der Waals surface area contributed by atoms with E-state index in [9.17, 15) is 24.5 Å². The van der Waals surface area contributed by atoms with E-state index < -0.39 is 10.8 Å². The van der Waals surface area contributed by atoms with Crippen molar-refractivity contribution in [1.82, 2.24) is 19.4 Å². The first kappa shape index (κ1) is 25.2. The van der Waals surface area contributed by atoms with E-state index in [0.29, 0.717) is 30.4 Å². The van der Waals surface area contributed by atoms with Crippen molar-refractivity contribution in [1.29, 1.82) is 0 Å². The quantitative estimate of drug-likeness (QED) is 0.297. The van der Waals surface area contributed by atoms with E-state index in [0.717, 1.165) is 23.4 Å². The summed E-state index contributed by atoms with van der Waals surface area (Å²) in [4.78, 5) is 57.1. The van der Waals surface area contributed by atoms with Gasteiger partial charge in [0, 0.05) is 67.7 Å². The molecule has 0 radical (unpaired) electrons. The zero-order valence-corrected chi connectivity index (χ0v) is 22.2. The number of hydrogen-bond donors (Lipinski definition) is 1. The van der Waals surface area contributed by atoms with E-state index in [2.05, 4.69) is 15.2 Å². The molecule has 0 saturated carbocycles. The highest BCUT2D eigenvalue weighted by atomic mass is 16.6. The van der Waals surface area contributed by atoms with Crippen LogP contribution in [-0.2, 0) is 24.3 Å². The zero-order valence-electron chi connectivity index (χ0n) is 22.2. The van der Waals surface area contributed by atoms with Crippen molar-refractivity contribution in [3.63, 3.8) is 0 Å². The summed E-state index contributed by atoms with van der Waals surface area (Å²) in [5, 5.41) is 15.1. The van der Waals surface area contributed by atoms with Gasteiger partial charge in [-0.2, -0.15) is 0 Å². The van der Waals surface area contributed by atoms with Gasteiger partial charge in [0.1, 0.15) is 0 Å². The fourth-order valence-electron chi connectivity index (χ4n) is 7.15. The molecule has 1 N–H and O–H groups in total. The van der Waals surface area contributed by atoms with Crippen LogP contribution in [0.5, 0.6) is 0 Å². The van der Waals surface area contributed by atoms with Crippen molar-refractivity contribution in [2.45, 2.75) is 37.9 Å². The summed E-state index contributed by atoms with van der Waals surface area (Å²) in [6.07, 6.45) is 2.72. The molecule has 41 heavy (non-hydrogen) atoms. The third-order valence-corrected chi connectivity index (χ3v) is 8.92. The molecule has 4 atom stereocenters. The average Bonchev–Trinajstić information content (AvgIpc) is 2.98. The number of nitro benzene ring substituents is 1. The number of rotatable bonds is 5. The van der Waals surface area contributed by atoms with Crippen molar-refractivity contribution >= 4 is 28.2 Å². The molecule has 7 rings (SSSR count). The second kappa shape index (κ2) is 9.69. The fourth-order valence-corrected chi connectivity index (χ4v) is 7.15. The average molecular weight is 553 g/mol. The number of para-hydroxylation sites is 1. The molecule has 0 aliphatic carbocycles. The minimum atomic E-state index is -0.470. The molecule has 11 heteroatoms. The van der Waals surface area contributed by atoms with Crippen molar-refractivity contribution in [2.24, 2.45) is 11.8 Å². The number of nitrogens with one attached hydrogen (secondary N) is 1. The van der Waals surface area contributed by atoms with Gasteiger partial charge in [0.25, 0.3) is 16.8 Å². The van der Waals surface area contributed by atoms with Gasteiger partial charge in [-0.3, -0.25) is 29.1 Å². The molecule has 0 unspecified atom stereocenters. The minimum Gasteiger partial charge on any atom is -0.366 e. The molecule has 1 fully saturated rings. The predicted molar refractivity (Wildman–Crippen MR) is 152 cm³/mol. The Bertz CT molecular complexity index is 1830. The van der Waals surface area contributed by atoms with E-state index in [1.54, 1.807) is 42.5 Å². The van der Waals surface area contributed by atoms with Crippen LogP contribution in [0.25, 0.3) is 10.9 Å². The largest absolute Gasteiger partial charge is 0.366 e. The van der Waals surface area contributed by atoms with Crippen molar-refractivity contribution in [3.05, 3.63) is 109 Å². The van der Waals surface area contributed by atoms with Gasteiger partial charge in [0.2, 0.25) is 5.91 Å². The highest BCUT2D eigenvalue weighted by Crippen LogP contribution is 2.47. The summed E-state index contributed by atoms with van der Waals surface area (Å²) in [6.45, 7) is 1.65. The lowest BCUT2D eigenvalue weighted by Gasteiger charge is -2.54. The first-order chi connectivity index (χ1) is 19.9.